The third kappa shape index (κ3) is 4.48. The van der Waals surface area contributed by atoms with Crippen LogP contribution in [-0.2, 0) is 46.6 Å². The molecule has 7 atom stereocenters. The normalized spacial score (nSPS) is 35.4. The molecule has 2 heterocycles. The third-order valence-electron chi connectivity index (χ3n) is 10.9. The number of rotatable bonds is 8. The van der Waals surface area contributed by atoms with Crippen LogP contribution in [0.2, 0.25) is 0 Å². The fourth-order valence-corrected chi connectivity index (χ4v) is 9.04. The molecule has 44 heavy (non-hydrogen) atoms. The summed E-state index contributed by atoms with van der Waals surface area (Å²) in [7, 11) is 0. The molecule has 1 aromatic rings. The number of allylic oxidation sites excluding steroid dienone is 2. The average Bonchev–Trinajstić information content (AvgIpc) is 3.26. The fourth-order valence-electron chi connectivity index (χ4n) is 9.04. The molecule has 2 saturated heterocycles. The molecule has 6 bridgehead atoms. The molecule has 1 N–H and O–H groups in total. The number of carbonyl (C=O) groups excluding carboxylic acids is 3. The van der Waals surface area contributed by atoms with Crippen molar-refractivity contribution in [1.29, 1.82) is 0 Å². The number of hydrogen-bond acceptors (Lipinski definition) is 11. The molecular formula is C32H37NO11. The van der Waals surface area contributed by atoms with Crippen molar-refractivity contribution in [3.63, 3.8) is 0 Å². The highest BCUT2D eigenvalue weighted by atomic mass is 16.9. The Bertz CT molecular complexity index is 1450. The van der Waals surface area contributed by atoms with Gasteiger partial charge >= 0.3 is 6.16 Å². The van der Waals surface area contributed by atoms with Crippen LogP contribution in [0.4, 0.5) is 4.79 Å². The van der Waals surface area contributed by atoms with Crippen molar-refractivity contribution in [2.45, 2.75) is 77.8 Å². The van der Waals surface area contributed by atoms with Gasteiger partial charge in [0.25, 0.3) is 5.09 Å². The van der Waals surface area contributed by atoms with Crippen LogP contribution in [0.15, 0.2) is 47.4 Å². The number of aliphatic hydroxyl groups is 1. The number of Topliss-reactive ketones (excluding diaryl/α,β-unsaturated/α-hetero) is 1. The smallest absolute Gasteiger partial charge is 0.485 e. The number of hydrogen-bond donors (Lipinski definition) is 1. The van der Waals surface area contributed by atoms with E-state index in [-0.39, 0.29) is 61.3 Å². The van der Waals surface area contributed by atoms with E-state index in [2.05, 4.69) is 4.84 Å². The fraction of sp³-hybridized carbons (Fsp3) is 0.594. The van der Waals surface area contributed by atoms with Gasteiger partial charge < -0.3 is 28.9 Å². The molecule has 2 aliphatic heterocycles. The zero-order valence-electron chi connectivity index (χ0n) is 25.0. The van der Waals surface area contributed by atoms with Crippen LogP contribution in [0, 0.1) is 38.7 Å². The lowest BCUT2D eigenvalue weighted by Gasteiger charge is -2.61. The molecule has 2 unspecified atom stereocenters. The molecule has 0 spiro atoms. The SMILES string of the molecule is CCOC(=O)O[C@@]12CCC3[C@@H]4CCC5=CC(=O)C(OCc6ccc(CO[N+](=O)[O-])cc6)=C(OCC1=O)[C@]5(C)C4[C@@H](O)C[C@@]32C. The second-order valence-corrected chi connectivity index (χ2v) is 12.9. The summed E-state index contributed by atoms with van der Waals surface area (Å²) in [6.07, 6.45) is 2.33. The van der Waals surface area contributed by atoms with E-state index in [1.54, 1.807) is 37.3 Å². The van der Waals surface area contributed by atoms with Gasteiger partial charge in [-0.15, -0.1) is 10.1 Å². The summed E-state index contributed by atoms with van der Waals surface area (Å²) < 4.78 is 23.5. The summed E-state index contributed by atoms with van der Waals surface area (Å²) in [6, 6.07) is 6.77. The van der Waals surface area contributed by atoms with E-state index in [9.17, 15) is 29.6 Å². The Labute approximate surface area is 254 Å². The molecule has 3 saturated carbocycles. The van der Waals surface area contributed by atoms with Crippen LogP contribution in [0.25, 0.3) is 0 Å². The first-order valence-electron chi connectivity index (χ1n) is 15.1. The van der Waals surface area contributed by atoms with Crippen molar-refractivity contribution in [3.05, 3.63) is 68.7 Å². The van der Waals surface area contributed by atoms with Crippen molar-refractivity contribution in [2.75, 3.05) is 13.2 Å². The number of carbonyl (C=O) groups is 3. The first-order chi connectivity index (χ1) is 20.9. The molecule has 5 fully saturated rings. The van der Waals surface area contributed by atoms with Gasteiger partial charge in [0.1, 0.15) is 13.2 Å². The largest absolute Gasteiger partial charge is 0.509 e. The second kappa shape index (κ2) is 10.9. The summed E-state index contributed by atoms with van der Waals surface area (Å²) in [6.45, 7) is 5.02. The summed E-state index contributed by atoms with van der Waals surface area (Å²) >= 11 is 0. The van der Waals surface area contributed by atoms with E-state index in [1.807, 2.05) is 13.8 Å². The maximum Gasteiger partial charge on any atom is 0.509 e. The lowest BCUT2D eigenvalue weighted by molar-refractivity contribution is -0.763. The molecule has 0 aromatic heterocycles. The minimum Gasteiger partial charge on any atom is -0.485 e. The van der Waals surface area contributed by atoms with Crippen molar-refractivity contribution in [3.8, 4) is 0 Å². The minimum absolute atomic E-state index is 0.00759. The maximum atomic E-state index is 14.2. The predicted molar refractivity (Wildman–Crippen MR) is 151 cm³/mol. The Balaban J connectivity index is 1.38. The topological polar surface area (TPSA) is 161 Å². The summed E-state index contributed by atoms with van der Waals surface area (Å²) in [5.41, 5.74) is -1.11. The zero-order valence-corrected chi connectivity index (χ0v) is 25.0. The van der Waals surface area contributed by atoms with Gasteiger partial charge in [0.05, 0.1) is 18.1 Å². The molecule has 4 aliphatic carbocycles. The quantitative estimate of drug-likeness (QED) is 0.253. The molecule has 236 valence electrons. The number of ketones is 2. The van der Waals surface area contributed by atoms with E-state index in [0.717, 1.165) is 12.0 Å². The Kier molecular flexibility index (Phi) is 7.46. The van der Waals surface area contributed by atoms with Gasteiger partial charge in [0, 0.05) is 11.3 Å². The van der Waals surface area contributed by atoms with E-state index >= 15 is 0 Å². The highest BCUT2D eigenvalue weighted by molar-refractivity contribution is 6.05. The lowest BCUT2D eigenvalue weighted by atomic mass is 9.45. The molecule has 0 radical (unpaired) electrons. The van der Waals surface area contributed by atoms with Gasteiger partial charge in [-0.25, -0.2) is 4.79 Å². The standard InChI is InChI=1S/C32H37NO11/c1-4-40-29(37)44-32-12-11-22-21-10-9-20-13-23(34)27(41-15-18-5-7-19(8-6-18)16-43-33(38)39)28(42-17-25(32)36)31(20,3)26(21)24(35)14-30(22,32)2/h5-8,13,21-22,24,26,35H,4,9-12,14-17H2,1-3H3/t21-,22?,24-,26?,30-,31-,32-/m0/s1. The number of benzene rings is 1. The second-order valence-electron chi connectivity index (χ2n) is 12.9. The highest BCUT2D eigenvalue weighted by Crippen LogP contribution is 2.69. The van der Waals surface area contributed by atoms with Gasteiger partial charge in [-0.05, 0) is 75.0 Å². The van der Waals surface area contributed by atoms with E-state index in [1.165, 1.54) is 0 Å². The molecule has 0 amide bonds. The van der Waals surface area contributed by atoms with Gasteiger partial charge in [-0.1, -0.05) is 36.8 Å². The third-order valence-corrected chi connectivity index (χ3v) is 10.9. The Hall–Kier alpha value is -3.93. The van der Waals surface area contributed by atoms with Crippen molar-refractivity contribution >= 4 is 17.7 Å². The van der Waals surface area contributed by atoms with Crippen LogP contribution in [0.3, 0.4) is 0 Å². The van der Waals surface area contributed by atoms with Crippen LogP contribution in [0.1, 0.15) is 64.0 Å². The predicted octanol–water partition coefficient (Wildman–Crippen LogP) is 4.36. The number of aliphatic hydroxyl groups excluding tert-OH is 1. The molecule has 7 rings (SSSR count). The summed E-state index contributed by atoms with van der Waals surface area (Å²) in [5, 5.41) is 21.6. The Morgan fingerprint density at radius 3 is 2.52 bits per heavy atom. The maximum absolute atomic E-state index is 14.2. The molecule has 12 heteroatoms. The minimum atomic E-state index is -1.54. The van der Waals surface area contributed by atoms with Crippen molar-refractivity contribution < 1.29 is 48.4 Å². The molecule has 1 aromatic carbocycles. The molecular weight excluding hydrogens is 574 g/mol. The summed E-state index contributed by atoms with van der Waals surface area (Å²) in [5.74, 6) is -0.976. The van der Waals surface area contributed by atoms with Crippen molar-refractivity contribution in [2.24, 2.45) is 28.6 Å². The van der Waals surface area contributed by atoms with Gasteiger partial charge in [0.2, 0.25) is 17.3 Å². The van der Waals surface area contributed by atoms with Crippen LogP contribution in [-0.4, -0.2) is 52.8 Å². The van der Waals surface area contributed by atoms with Crippen LogP contribution < -0.4 is 0 Å². The van der Waals surface area contributed by atoms with E-state index in [4.69, 9.17) is 18.9 Å². The Morgan fingerprint density at radius 1 is 1.14 bits per heavy atom. The Morgan fingerprint density at radius 2 is 1.84 bits per heavy atom. The van der Waals surface area contributed by atoms with Crippen LogP contribution >= 0.6 is 0 Å². The van der Waals surface area contributed by atoms with Crippen LogP contribution in [0.5, 0.6) is 0 Å². The van der Waals surface area contributed by atoms with E-state index < -0.39 is 46.2 Å². The summed E-state index contributed by atoms with van der Waals surface area (Å²) in [4.78, 5) is 55.3. The monoisotopic (exact) mass is 611 g/mol. The highest BCUT2D eigenvalue weighted by Gasteiger charge is 2.72. The average molecular weight is 612 g/mol. The first-order valence-corrected chi connectivity index (χ1v) is 15.1. The van der Waals surface area contributed by atoms with E-state index in [0.29, 0.717) is 30.4 Å². The number of nitrogens with zero attached hydrogens (tertiary/aromatic N) is 1. The van der Waals surface area contributed by atoms with Gasteiger partial charge in [-0.2, -0.15) is 0 Å². The molecule has 6 aliphatic rings. The first kappa shape index (κ1) is 30.1. The number of fused-ring (bicyclic) bond motifs is 3. The lowest BCUT2D eigenvalue weighted by Crippen LogP contribution is -2.64. The number of ether oxygens (including phenoxy) is 4. The zero-order chi connectivity index (χ0) is 31.4. The van der Waals surface area contributed by atoms with Gasteiger partial charge in [0.15, 0.2) is 18.0 Å². The molecule has 12 nitrogen and oxygen atoms in total. The van der Waals surface area contributed by atoms with Crippen molar-refractivity contribution in [1.82, 2.24) is 0 Å². The van der Waals surface area contributed by atoms with Gasteiger partial charge in [-0.3, -0.25) is 9.59 Å².